The van der Waals surface area contributed by atoms with Crippen molar-refractivity contribution in [2.24, 2.45) is 9.98 Å². The topological polar surface area (TPSA) is 79.6 Å². The van der Waals surface area contributed by atoms with Gasteiger partial charge in [-0.3, -0.25) is 19.8 Å². The van der Waals surface area contributed by atoms with Crippen LogP contribution in [0.25, 0.3) is 0 Å². The van der Waals surface area contributed by atoms with Crippen molar-refractivity contribution in [3.05, 3.63) is 59.3 Å². The third-order valence-electron chi connectivity index (χ3n) is 2.70. The zero-order valence-corrected chi connectivity index (χ0v) is 10.0. The SMILES string of the molecule is O=C(NCC1N=c2ccccc2=N1)c1cnccn1. The van der Waals surface area contributed by atoms with E-state index in [-0.39, 0.29) is 17.8 Å². The molecule has 94 valence electrons. The smallest absolute Gasteiger partial charge is 0.271 e. The van der Waals surface area contributed by atoms with Crippen molar-refractivity contribution >= 4 is 5.91 Å². The van der Waals surface area contributed by atoms with E-state index in [1.807, 2.05) is 24.3 Å². The highest BCUT2D eigenvalue weighted by atomic mass is 16.1. The third-order valence-corrected chi connectivity index (χ3v) is 2.70. The van der Waals surface area contributed by atoms with E-state index < -0.39 is 0 Å². The van der Waals surface area contributed by atoms with E-state index in [2.05, 4.69) is 25.3 Å². The fraction of sp³-hybridized carbons (Fsp3) is 0.154. The zero-order chi connectivity index (χ0) is 13.1. The highest BCUT2D eigenvalue weighted by molar-refractivity contribution is 5.91. The maximum atomic E-state index is 11.8. The highest BCUT2D eigenvalue weighted by Gasteiger charge is 2.12. The van der Waals surface area contributed by atoms with Crippen molar-refractivity contribution in [1.29, 1.82) is 0 Å². The molecular formula is C13H11N5O. The molecule has 0 spiro atoms. The van der Waals surface area contributed by atoms with E-state index in [0.29, 0.717) is 6.54 Å². The lowest BCUT2D eigenvalue weighted by atomic mass is 10.3. The normalized spacial score (nSPS) is 13.3. The van der Waals surface area contributed by atoms with Crippen LogP contribution in [0, 0.1) is 0 Å². The van der Waals surface area contributed by atoms with Crippen LogP contribution in [0.4, 0.5) is 0 Å². The molecule has 0 radical (unpaired) electrons. The number of rotatable bonds is 3. The number of nitrogens with one attached hydrogen (secondary N) is 1. The Morgan fingerprint density at radius 2 is 1.89 bits per heavy atom. The van der Waals surface area contributed by atoms with Gasteiger partial charge in [-0.1, -0.05) is 12.1 Å². The standard InChI is InChI=1S/C13H11N5O/c19-13(11-7-14-5-6-15-11)16-8-12-17-9-3-1-2-4-10(9)18-12/h1-7,12H,8H2,(H,16,19). The Morgan fingerprint density at radius 3 is 2.53 bits per heavy atom. The minimum absolute atomic E-state index is 0.266. The summed E-state index contributed by atoms with van der Waals surface area (Å²) in [4.78, 5) is 28.4. The van der Waals surface area contributed by atoms with Crippen molar-refractivity contribution < 1.29 is 4.79 Å². The second kappa shape index (κ2) is 4.93. The fourth-order valence-corrected chi connectivity index (χ4v) is 1.81. The van der Waals surface area contributed by atoms with E-state index in [4.69, 9.17) is 0 Å². The molecule has 6 nitrogen and oxygen atoms in total. The number of fused-ring (bicyclic) bond motifs is 1. The average Bonchev–Trinajstić information content (AvgIpc) is 2.88. The summed E-state index contributed by atoms with van der Waals surface area (Å²) >= 11 is 0. The molecule has 1 aliphatic heterocycles. The van der Waals surface area contributed by atoms with Crippen LogP contribution in [0.1, 0.15) is 10.5 Å². The van der Waals surface area contributed by atoms with E-state index in [1.54, 1.807) is 0 Å². The average molecular weight is 253 g/mol. The summed E-state index contributed by atoms with van der Waals surface area (Å²) in [6.07, 6.45) is 4.16. The van der Waals surface area contributed by atoms with Crippen molar-refractivity contribution in [1.82, 2.24) is 15.3 Å². The van der Waals surface area contributed by atoms with Gasteiger partial charge in [-0.05, 0) is 12.1 Å². The van der Waals surface area contributed by atoms with Crippen molar-refractivity contribution in [3.8, 4) is 0 Å². The molecule has 0 atom stereocenters. The Labute approximate surface area is 109 Å². The predicted octanol–water partition coefficient (Wildman–Crippen LogP) is -0.515. The van der Waals surface area contributed by atoms with Crippen LogP contribution in [0.2, 0.25) is 0 Å². The number of aromatic nitrogens is 2. The molecule has 0 saturated carbocycles. The summed E-state index contributed by atoms with van der Waals surface area (Å²) in [6.45, 7) is 0.351. The van der Waals surface area contributed by atoms with Gasteiger partial charge in [0.15, 0.2) is 6.17 Å². The van der Waals surface area contributed by atoms with Crippen LogP contribution in [0.3, 0.4) is 0 Å². The largest absolute Gasteiger partial charge is 0.347 e. The van der Waals surface area contributed by atoms with Gasteiger partial charge >= 0.3 is 0 Å². The van der Waals surface area contributed by atoms with Crippen LogP contribution in [-0.2, 0) is 0 Å². The molecule has 3 rings (SSSR count). The zero-order valence-electron chi connectivity index (χ0n) is 10.0. The number of carbonyl (C=O) groups excluding carboxylic acids is 1. The van der Waals surface area contributed by atoms with E-state index in [0.717, 1.165) is 10.7 Å². The van der Waals surface area contributed by atoms with Gasteiger partial charge in [0, 0.05) is 12.4 Å². The molecule has 0 aliphatic carbocycles. The second-order valence-electron chi connectivity index (χ2n) is 4.03. The van der Waals surface area contributed by atoms with Gasteiger partial charge in [0.2, 0.25) is 0 Å². The minimum Gasteiger partial charge on any atom is -0.347 e. The lowest BCUT2D eigenvalue weighted by molar-refractivity contribution is 0.0946. The summed E-state index contributed by atoms with van der Waals surface area (Å²) in [5, 5.41) is 4.47. The van der Waals surface area contributed by atoms with Gasteiger partial charge in [0.05, 0.1) is 23.5 Å². The van der Waals surface area contributed by atoms with Gasteiger partial charge in [0.1, 0.15) is 5.69 Å². The molecule has 1 aromatic carbocycles. The summed E-state index contributed by atoms with van der Waals surface area (Å²) in [6, 6.07) is 7.64. The van der Waals surface area contributed by atoms with E-state index in [9.17, 15) is 4.79 Å². The number of amides is 1. The van der Waals surface area contributed by atoms with Gasteiger partial charge < -0.3 is 5.32 Å². The summed E-state index contributed by atoms with van der Waals surface area (Å²) in [5.74, 6) is -0.269. The van der Waals surface area contributed by atoms with Gasteiger partial charge in [0.25, 0.3) is 5.91 Å². The molecule has 2 aromatic rings. The number of carbonyl (C=O) groups is 1. The molecule has 1 aliphatic rings. The first-order valence-electron chi connectivity index (χ1n) is 5.88. The van der Waals surface area contributed by atoms with Gasteiger partial charge in [-0.2, -0.15) is 0 Å². The Kier molecular flexibility index (Phi) is 2.97. The fourth-order valence-electron chi connectivity index (χ4n) is 1.81. The molecule has 0 unspecified atom stereocenters. The minimum atomic E-state index is -0.269. The monoisotopic (exact) mass is 253 g/mol. The van der Waals surface area contributed by atoms with Crippen LogP contribution in [0.5, 0.6) is 0 Å². The highest BCUT2D eigenvalue weighted by Crippen LogP contribution is 1.95. The molecule has 0 fully saturated rings. The Bertz CT molecular complexity index is 678. The molecule has 1 amide bonds. The molecule has 0 bridgehead atoms. The van der Waals surface area contributed by atoms with Gasteiger partial charge in [-0.15, -0.1) is 0 Å². The lowest BCUT2D eigenvalue weighted by Gasteiger charge is -2.06. The third kappa shape index (κ3) is 2.47. The van der Waals surface area contributed by atoms with E-state index in [1.165, 1.54) is 18.6 Å². The maximum absolute atomic E-state index is 11.8. The summed E-state index contributed by atoms with van der Waals surface area (Å²) in [5.41, 5.74) is 0.290. The van der Waals surface area contributed by atoms with Crippen molar-refractivity contribution in [3.63, 3.8) is 0 Å². The summed E-state index contributed by atoms with van der Waals surface area (Å²) in [7, 11) is 0. The predicted molar refractivity (Wildman–Crippen MR) is 66.9 cm³/mol. The lowest BCUT2D eigenvalue weighted by Crippen LogP contribution is -2.30. The molecular weight excluding hydrogens is 242 g/mol. The second-order valence-corrected chi connectivity index (χ2v) is 4.03. The molecule has 1 aromatic heterocycles. The Morgan fingerprint density at radius 1 is 1.16 bits per heavy atom. The molecule has 2 heterocycles. The molecule has 19 heavy (non-hydrogen) atoms. The number of hydrogen-bond acceptors (Lipinski definition) is 5. The van der Waals surface area contributed by atoms with Crippen LogP contribution >= 0.6 is 0 Å². The number of para-hydroxylation sites is 2. The van der Waals surface area contributed by atoms with Gasteiger partial charge in [-0.25, -0.2) is 4.98 Å². The first-order valence-corrected chi connectivity index (χ1v) is 5.88. The first-order chi connectivity index (χ1) is 9.33. The molecule has 1 N–H and O–H groups in total. The Balaban J connectivity index is 1.66. The number of hydrogen-bond donors (Lipinski definition) is 1. The summed E-state index contributed by atoms with van der Waals surface area (Å²) < 4.78 is 0. The maximum Gasteiger partial charge on any atom is 0.271 e. The number of nitrogens with zero attached hydrogens (tertiary/aromatic N) is 4. The van der Waals surface area contributed by atoms with Crippen LogP contribution < -0.4 is 16.0 Å². The van der Waals surface area contributed by atoms with Crippen molar-refractivity contribution in [2.45, 2.75) is 6.17 Å². The molecule has 0 saturated heterocycles. The van der Waals surface area contributed by atoms with E-state index >= 15 is 0 Å². The quantitative estimate of drug-likeness (QED) is 0.799. The van der Waals surface area contributed by atoms with Crippen LogP contribution in [-0.4, -0.2) is 28.6 Å². The van der Waals surface area contributed by atoms with Crippen molar-refractivity contribution in [2.75, 3.05) is 6.54 Å². The van der Waals surface area contributed by atoms with Crippen LogP contribution in [0.15, 0.2) is 52.8 Å². The number of benzene rings is 1. The molecule has 6 heteroatoms. The Hall–Kier alpha value is -2.63. The first kappa shape index (κ1) is 11.5.